The van der Waals surface area contributed by atoms with Crippen LogP contribution in [0.3, 0.4) is 0 Å². The summed E-state index contributed by atoms with van der Waals surface area (Å²) in [6.07, 6.45) is 0.784. The molecule has 1 aliphatic heterocycles. The van der Waals surface area contributed by atoms with E-state index in [4.69, 9.17) is 0 Å². The van der Waals surface area contributed by atoms with Crippen molar-refractivity contribution < 1.29 is 4.79 Å². The monoisotopic (exact) mass is 284 g/mol. The lowest BCUT2D eigenvalue weighted by atomic mass is 10.3. The van der Waals surface area contributed by atoms with E-state index < -0.39 is 0 Å². The number of hydrogen-bond donors (Lipinski definition) is 1. The zero-order valence-electron chi connectivity index (χ0n) is 9.03. The molecule has 1 aromatic rings. The van der Waals surface area contributed by atoms with Crippen LogP contribution in [0.15, 0.2) is 10.7 Å². The van der Waals surface area contributed by atoms with Crippen LogP contribution >= 0.6 is 15.9 Å². The first kappa shape index (κ1) is 11.3. The number of carbonyl (C=O) groups is 1. The van der Waals surface area contributed by atoms with Crippen LogP contribution in [0, 0.1) is 0 Å². The van der Waals surface area contributed by atoms with E-state index in [2.05, 4.69) is 31.2 Å². The molecular formula is C10H13BrN4O. The quantitative estimate of drug-likeness (QED) is 0.814. The van der Waals surface area contributed by atoms with Crippen molar-refractivity contribution in [2.75, 3.05) is 24.5 Å². The minimum atomic E-state index is 0.0408. The first-order valence-electron chi connectivity index (χ1n) is 5.24. The average Bonchev–Trinajstić information content (AvgIpc) is 2.28. The predicted octanol–water partition coefficient (Wildman–Crippen LogP) is 0.738. The number of aromatic nitrogens is 2. The average molecular weight is 285 g/mol. The van der Waals surface area contributed by atoms with Crippen LogP contribution < -0.4 is 10.2 Å². The Bertz CT molecular complexity index is 410. The second-order valence-electron chi connectivity index (χ2n) is 3.59. The van der Waals surface area contributed by atoms with Crippen molar-refractivity contribution >= 4 is 27.7 Å². The SMILES string of the molecule is CCc1nc(Br)cc(N2CCNC(=O)C2)n1. The van der Waals surface area contributed by atoms with E-state index in [9.17, 15) is 4.79 Å². The molecule has 1 saturated heterocycles. The molecule has 2 rings (SSSR count). The number of piperazine rings is 1. The highest BCUT2D eigenvalue weighted by atomic mass is 79.9. The summed E-state index contributed by atoms with van der Waals surface area (Å²) in [6, 6.07) is 1.84. The lowest BCUT2D eigenvalue weighted by Gasteiger charge is -2.27. The summed E-state index contributed by atoms with van der Waals surface area (Å²) in [7, 11) is 0. The van der Waals surface area contributed by atoms with E-state index in [1.807, 2.05) is 17.9 Å². The summed E-state index contributed by atoms with van der Waals surface area (Å²) in [6.45, 7) is 3.83. The molecule has 0 bridgehead atoms. The van der Waals surface area contributed by atoms with E-state index in [0.29, 0.717) is 13.1 Å². The van der Waals surface area contributed by atoms with Gasteiger partial charge in [0.05, 0.1) is 6.54 Å². The third-order valence-electron chi connectivity index (χ3n) is 2.41. The van der Waals surface area contributed by atoms with Crippen molar-refractivity contribution in [1.29, 1.82) is 0 Å². The Balaban J connectivity index is 2.24. The molecule has 1 aliphatic rings. The maximum Gasteiger partial charge on any atom is 0.239 e. The van der Waals surface area contributed by atoms with E-state index in [1.165, 1.54) is 0 Å². The fourth-order valence-electron chi connectivity index (χ4n) is 1.61. The number of aryl methyl sites for hydroxylation is 1. The highest BCUT2D eigenvalue weighted by Crippen LogP contribution is 2.17. The Morgan fingerprint density at radius 1 is 1.56 bits per heavy atom. The largest absolute Gasteiger partial charge is 0.353 e. The van der Waals surface area contributed by atoms with E-state index >= 15 is 0 Å². The van der Waals surface area contributed by atoms with Gasteiger partial charge in [-0.2, -0.15) is 0 Å². The predicted molar refractivity (Wildman–Crippen MR) is 64.3 cm³/mol. The lowest BCUT2D eigenvalue weighted by molar-refractivity contribution is -0.120. The molecule has 5 nitrogen and oxygen atoms in total. The van der Waals surface area contributed by atoms with Crippen molar-refractivity contribution in [3.05, 3.63) is 16.5 Å². The number of halogens is 1. The van der Waals surface area contributed by atoms with Gasteiger partial charge >= 0.3 is 0 Å². The van der Waals surface area contributed by atoms with Gasteiger partial charge in [0.15, 0.2) is 0 Å². The van der Waals surface area contributed by atoms with Crippen LogP contribution in [0.2, 0.25) is 0 Å². The van der Waals surface area contributed by atoms with Crippen molar-refractivity contribution in [2.45, 2.75) is 13.3 Å². The van der Waals surface area contributed by atoms with Crippen molar-refractivity contribution in [3.63, 3.8) is 0 Å². The number of nitrogens with one attached hydrogen (secondary N) is 1. The number of nitrogens with zero attached hydrogens (tertiary/aromatic N) is 3. The first-order valence-corrected chi connectivity index (χ1v) is 6.03. The minimum absolute atomic E-state index is 0.0408. The van der Waals surface area contributed by atoms with Crippen LogP contribution in [-0.4, -0.2) is 35.5 Å². The Kier molecular flexibility index (Phi) is 3.38. The normalized spacial score (nSPS) is 16.1. The first-order chi connectivity index (χ1) is 7.69. The Morgan fingerprint density at radius 2 is 2.38 bits per heavy atom. The van der Waals surface area contributed by atoms with Gasteiger partial charge in [-0.3, -0.25) is 4.79 Å². The molecule has 6 heteroatoms. The molecule has 0 spiro atoms. The molecule has 0 aliphatic carbocycles. The number of hydrogen-bond acceptors (Lipinski definition) is 4. The van der Waals surface area contributed by atoms with Gasteiger partial charge in [0.1, 0.15) is 16.2 Å². The van der Waals surface area contributed by atoms with Crippen molar-refractivity contribution in [2.24, 2.45) is 0 Å². The molecule has 1 N–H and O–H groups in total. The van der Waals surface area contributed by atoms with Gasteiger partial charge in [-0.15, -0.1) is 0 Å². The van der Waals surface area contributed by atoms with Crippen LogP contribution in [0.4, 0.5) is 5.82 Å². The molecule has 2 heterocycles. The van der Waals surface area contributed by atoms with E-state index in [0.717, 1.165) is 29.2 Å². The topological polar surface area (TPSA) is 58.1 Å². The summed E-state index contributed by atoms with van der Waals surface area (Å²) in [4.78, 5) is 21.9. The number of carbonyl (C=O) groups excluding carboxylic acids is 1. The Morgan fingerprint density at radius 3 is 3.06 bits per heavy atom. The standard InChI is InChI=1S/C10H13BrN4O/c1-2-8-13-7(11)5-9(14-8)15-4-3-12-10(16)6-15/h5H,2-4,6H2,1H3,(H,12,16). The van der Waals surface area contributed by atoms with Gasteiger partial charge < -0.3 is 10.2 Å². The highest BCUT2D eigenvalue weighted by molar-refractivity contribution is 9.10. The molecule has 1 fully saturated rings. The molecule has 1 amide bonds. The van der Waals surface area contributed by atoms with Gasteiger partial charge in [0.2, 0.25) is 5.91 Å². The third-order valence-corrected chi connectivity index (χ3v) is 2.81. The summed E-state index contributed by atoms with van der Waals surface area (Å²) >= 11 is 3.36. The van der Waals surface area contributed by atoms with Crippen LogP contribution in [0.5, 0.6) is 0 Å². The fraction of sp³-hybridized carbons (Fsp3) is 0.500. The van der Waals surface area contributed by atoms with E-state index in [-0.39, 0.29) is 5.91 Å². The molecule has 0 unspecified atom stereocenters. The number of amides is 1. The molecule has 0 radical (unpaired) electrons. The number of anilines is 1. The fourth-order valence-corrected chi connectivity index (χ4v) is 2.02. The molecule has 16 heavy (non-hydrogen) atoms. The number of rotatable bonds is 2. The van der Waals surface area contributed by atoms with Crippen LogP contribution in [-0.2, 0) is 11.2 Å². The highest BCUT2D eigenvalue weighted by Gasteiger charge is 2.18. The van der Waals surface area contributed by atoms with Gasteiger partial charge in [0.25, 0.3) is 0 Å². The maximum atomic E-state index is 11.3. The molecule has 86 valence electrons. The lowest BCUT2D eigenvalue weighted by Crippen LogP contribution is -2.48. The second kappa shape index (κ2) is 4.78. The summed E-state index contributed by atoms with van der Waals surface area (Å²) in [5.74, 6) is 1.64. The van der Waals surface area contributed by atoms with Crippen LogP contribution in [0.25, 0.3) is 0 Å². The molecular weight excluding hydrogens is 272 g/mol. The zero-order chi connectivity index (χ0) is 11.5. The summed E-state index contributed by atoms with van der Waals surface area (Å²) in [5.41, 5.74) is 0. The zero-order valence-corrected chi connectivity index (χ0v) is 10.6. The van der Waals surface area contributed by atoms with E-state index in [1.54, 1.807) is 0 Å². The minimum Gasteiger partial charge on any atom is -0.353 e. The molecule has 0 saturated carbocycles. The molecule has 1 aromatic heterocycles. The molecule has 0 aromatic carbocycles. The van der Waals surface area contributed by atoms with Gasteiger partial charge in [-0.05, 0) is 15.9 Å². The summed E-state index contributed by atoms with van der Waals surface area (Å²) in [5, 5.41) is 2.79. The van der Waals surface area contributed by atoms with Crippen molar-refractivity contribution in [3.8, 4) is 0 Å². The Labute approximate surface area is 102 Å². The maximum absolute atomic E-state index is 11.3. The third kappa shape index (κ3) is 2.49. The summed E-state index contributed by atoms with van der Waals surface area (Å²) < 4.78 is 0.764. The van der Waals surface area contributed by atoms with Gasteiger partial charge in [0, 0.05) is 25.6 Å². The molecule has 0 atom stereocenters. The van der Waals surface area contributed by atoms with Crippen molar-refractivity contribution in [1.82, 2.24) is 15.3 Å². The smallest absolute Gasteiger partial charge is 0.239 e. The Hall–Kier alpha value is -1.17. The van der Waals surface area contributed by atoms with Gasteiger partial charge in [-0.25, -0.2) is 9.97 Å². The van der Waals surface area contributed by atoms with Crippen LogP contribution in [0.1, 0.15) is 12.7 Å². The van der Waals surface area contributed by atoms with Gasteiger partial charge in [-0.1, -0.05) is 6.92 Å². The second-order valence-corrected chi connectivity index (χ2v) is 4.40.